The fourth-order valence-corrected chi connectivity index (χ4v) is 7.09. The van der Waals surface area contributed by atoms with Gasteiger partial charge >= 0.3 is 0 Å². The van der Waals surface area contributed by atoms with E-state index in [1.807, 2.05) is 80.6 Å². The maximum Gasteiger partial charge on any atom is 0.160 e. The summed E-state index contributed by atoms with van der Waals surface area (Å²) in [7, 11) is 0. The summed E-state index contributed by atoms with van der Waals surface area (Å²) in [4.78, 5) is 26.2. The smallest absolute Gasteiger partial charge is 0.160 e. The molecule has 1 aliphatic carbocycles. The first kappa shape index (κ1) is 35.3. The quantitative estimate of drug-likeness (QED) is 0.151. The van der Waals surface area contributed by atoms with Crippen molar-refractivity contribution in [2.24, 2.45) is 4.99 Å². The zero-order valence-corrected chi connectivity index (χ0v) is 31.2. The normalized spacial score (nSPS) is 16.8. The summed E-state index contributed by atoms with van der Waals surface area (Å²) in [5.74, 6) is 1.25. The Kier molecular flexibility index (Phi) is 10.3. The van der Waals surface area contributed by atoms with Crippen molar-refractivity contribution in [2.75, 3.05) is 0 Å². The van der Waals surface area contributed by atoms with Crippen LogP contribution in [0.25, 0.3) is 61.4 Å². The van der Waals surface area contributed by atoms with Crippen LogP contribution in [0, 0.1) is 0 Å². The fourth-order valence-electron chi connectivity index (χ4n) is 7.09. The number of allylic oxidation sites excluding steroid dienone is 12. The molecule has 0 spiro atoms. The van der Waals surface area contributed by atoms with E-state index < -0.39 is 6.17 Å². The lowest BCUT2D eigenvalue weighted by Crippen LogP contribution is -2.28. The van der Waals surface area contributed by atoms with E-state index in [9.17, 15) is 0 Å². The van der Waals surface area contributed by atoms with E-state index in [1.165, 1.54) is 5.57 Å². The summed E-state index contributed by atoms with van der Waals surface area (Å²) < 4.78 is 0. The van der Waals surface area contributed by atoms with E-state index in [0.717, 1.165) is 85.3 Å². The lowest BCUT2D eigenvalue weighted by Gasteiger charge is -2.28. The summed E-state index contributed by atoms with van der Waals surface area (Å²) in [6.07, 6.45) is 23.0. The van der Waals surface area contributed by atoms with Gasteiger partial charge in [-0.05, 0) is 68.2 Å². The standard InChI is InChI=1S/C49H42N6/c1-4-6-8-15-27-42-39(24-7-5-2)33(3)50-47(51-42)36-30-37(48-52-43-28-18-16-25-40(43)45(54-48)34-20-11-9-12-21-34)32-38(31-36)49-53-44-29-19-17-26-41(44)46(55-49)35-22-13-10-14-23-35/h4-13,15-22,24-26,28-32,47,50H,3,14,23,27H2,1-2H3/b6-4-,7-5-,15-8-,39-24+. The zero-order valence-electron chi connectivity index (χ0n) is 31.2. The molecule has 6 aromatic rings. The van der Waals surface area contributed by atoms with E-state index >= 15 is 0 Å². The molecule has 0 saturated carbocycles. The Bertz CT molecular complexity index is 2640. The summed E-state index contributed by atoms with van der Waals surface area (Å²) in [6, 6.07) is 33.2. The molecule has 1 N–H and O–H groups in total. The number of para-hydroxylation sites is 2. The fraction of sp³-hybridized carbons (Fsp3) is 0.122. The molecule has 8 rings (SSSR count). The average molecular weight is 715 g/mol. The topological polar surface area (TPSA) is 76.0 Å². The number of nitrogens with zero attached hydrogens (tertiary/aromatic N) is 5. The van der Waals surface area contributed by atoms with Crippen molar-refractivity contribution in [3.8, 4) is 34.0 Å². The van der Waals surface area contributed by atoms with Crippen LogP contribution in [0.3, 0.4) is 0 Å². The Morgan fingerprint density at radius 3 is 2.04 bits per heavy atom. The van der Waals surface area contributed by atoms with Crippen LogP contribution < -0.4 is 5.32 Å². The molecule has 0 fully saturated rings. The lowest BCUT2D eigenvalue weighted by atomic mass is 9.96. The lowest BCUT2D eigenvalue weighted by molar-refractivity contribution is 0.622. The van der Waals surface area contributed by atoms with Crippen molar-refractivity contribution < 1.29 is 0 Å². The zero-order chi connectivity index (χ0) is 37.6. The van der Waals surface area contributed by atoms with Gasteiger partial charge in [0.05, 0.1) is 28.1 Å². The number of fused-ring (bicyclic) bond motifs is 2. The summed E-state index contributed by atoms with van der Waals surface area (Å²) in [5.41, 5.74) is 11.2. The molecular formula is C49H42N6. The van der Waals surface area contributed by atoms with E-state index in [1.54, 1.807) is 0 Å². The van der Waals surface area contributed by atoms with Gasteiger partial charge in [0.2, 0.25) is 0 Å². The van der Waals surface area contributed by atoms with Gasteiger partial charge in [-0.25, -0.2) is 19.9 Å². The highest BCUT2D eigenvalue weighted by molar-refractivity contribution is 6.05. The van der Waals surface area contributed by atoms with Gasteiger partial charge in [0.1, 0.15) is 6.17 Å². The van der Waals surface area contributed by atoms with Gasteiger partial charge in [0, 0.05) is 45.2 Å². The molecule has 4 aromatic carbocycles. The van der Waals surface area contributed by atoms with Crippen LogP contribution in [0.15, 0.2) is 181 Å². The highest BCUT2D eigenvalue weighted by Gasteiger charge is 2.25. The van der Waals surface area contributed by atoms with Crippen LogP contribution in [0.4, 0.5) is 0 Å². The van der Waals surface area contributed by atoms with Crippen LogP contribution in [0.1, 0.15) is 50.5 Å². The molecule has 3 heterocycles. The van der Waals surface area contributed by atoms with Gasteiger partial charge in [0.15, 0.2) is 11.6 Å². The van der Waals surface area contributed by atoms with Crippen LogP contribution in [0.2, 0.25) is 0 Å². The molecule has 0 saturated heterocycles. The first-order valence-corrected chi connectivity index (χ1v) is 18.8. The van der Waals surface area contributed by atoms with E-state index in [-0.39, 0.29) is 0 Å². The highest BCUT2D eigenvalue weighted by Crippen LogP contribution is 2.36. The van der Waals surface area contributed by atoms with E-state index in [4.69, 9.17) is 24.9 Å². The molecule has 2 aromatic heterocycles. The Morgan fingerprint density at radius 2 is 1.36 bits per heavy atom. The predicted octanol–water partition coefficient (Wildman–Crippen LogP) is 11.9. The van der Waals surface area contributed by atoms with Crippen molar-refractivity contribution >= 4 is 33.1 Å². The molecule has 6 heteroatoms. The molecule has 0 amide bonds. The second-order valence-corrected chi connectivity index (χ2v) is 13.6. The van der Waals surface area contributed by atoms with Gasteiger partial charge in [-0.15, -0.1) is 0 Å². The highest BCUT2D eigenvalue weighted by atomic mass is 15.1. The number of hydrogen-bond acceptors (Lipinski definition) is 6. The van der Waals surface area contributed by atoms with Gasteiger partial charge in [-0.3, -0.25) is 4.99 Å². The maximum absolute atomic E-state index is 5.33. The number of hydrogen-bond donors (Lipinski definition) is 1. The number of rotatable bonds is 9. The van der Waals surface area contributed by atoms with Crippen molar-refractivity contribution in [3.05, 3.63) is 187 Å². The minimum absolute atomic E-state index is 0.417. The number of nitrogens with one attached hydrogen (secondary N) is 1. The Balaban J connectivity index is 1.35. The van der Waals surface area contributed by atoms with Crippen molar-refractivity contribution in [1.29, 1.82) is 0 Å². The van der Waals surface area contributed by atoms with Gasteiger partial charge in [-0.2, -0.15) is 0 Å². The SMILES string of the molecule is C=C1NC(c2cc(-c3nc(C4=CC=CCC4)c4ccccc4n3)cc(-c3nc(-c4ccccc4)c4ccccc4n3)c2)N=C(C/C=C\C=C/C)/C1=C/C=C\C. The molecular weight excluding hydrogens is 673 g/mol. The summed E-state index contributed by atoms with van der Waals surface area (Å²) in [5, 5.41) is 5.66. The molecule has 1 aliphatic heterocycles. The third-order valence-corrected chi connectivity index (χ3v) is 9.80. The minimum Gasteiger partial charge on any atom is -0.360 e. The number of aliphatic imine (C=N–C) groups is 1. The van der Waals surface area contributed by atoms with Crippen LogP contribution >= 0.6 is 0 Å². The molecule has 6 nitrogen and oxygen atoms in total. The second kappa shape index (κ2) is 16.1. The first-order chi connectivity index (χ1) is 27.1. The average Bonchev–Trinajstić information content (AvgIpc) is 3.24. The Morgan fingerprint density at radius 1 is 0.709 bits per heavy atom. The molecule has 1 atom stereocenters. The summed E-state index contributed by atoms with van der Waals surface area (Å²) >= 11 is 0. The monoisotopic (exact) mass is 714 g/mol. The van der Waals surface area contributed by atoms with Gasteiger partial charge in [0.25, 0.3) is 0 Å². The third-order valence-electron chi connectivity index (χ3n) is 9.80. The first-order valence-electron chi connectivity index (χ1n) is 18.8. The third kappa shape index (κ3) is 7.53. The molecule has 268 valence electrons. The molecule has 1 unspecified atom stereocenters. The van der Waals surface area contributed by atoms with Crippen molar-refractivity contribution in [3.63, 3.8) is 0 Å². The van der Waals surface area contributed by atoms with Crippen LogP contribution in [-0.4, -0.2) is 25.6 Å². The molecule has 55 heavy (non-hydrogen) atoms. The molecule has 2 aliphatic rings. The largest absolute Gasteiger partial charge is 0.360 e. The predicted molar refractivity (Wildman–Crippen MR) is 229 cm³/mol. The minimum atomic E-state index is -0.417. The van der Waals surface area contributed by atoms with Crippen LogP contribution in [-0.2, 0) is 0 Å². The van der Waals surface area contributed by atoms with Gasteiger partial charge < -0.3 is 5.32 Å². The van der Waals surface area contributed by atoms with E-state index in [2.05, 4.69) is 103 Å². The number of aromatic nitrogens is 4. The van der Waals surface area contributed by atoms with Gasteiger partial charge in [-0.1, -0.05) is 134 Å². The number of benzene rings is 4. The Labute approximate surface area is 322 Å². The summed E-state index contributed by atoms with van der Waals surface area (Å²) in [6.45, 7) is 8.49. The van der Waals surface area contributed by atoms with Crippen LogP contribution in [0.5, 0.6) is 0 Å². The van der Waals surface area contributed by atoms with Crippen molar-refractivity contribution in [2.45, 2.75) is 39.3 Å². The molecule has 0 bridgehead atoms. The molecule has 0 radical (unpaired) electrons. The van der Waals surface area contributed by atoms with Crippen molar-refractivity contribution in [1.82, 2.24) is 25.3 Å². The van der Waals surface area contributed by atoms with E-state index in [0.29, 0.717) is 18.1 Å². The Hall–Kier alpha value is -6.79. The maximum atomic E-state index is 5.33. The second-order valence-electron chi connectivity index (χ2n) is 13.6.